The first-order valence-electron chi connectivity index (χ1n) is 8.66. The Morgan fingerprint density at radius 3 is 2.68 bits per heavy atom. The van der Waals surface area contributed by atoms with Gasteiger partial charge in [-0.2, -0.15) is 0 Å². The summed E-state index contributed by atoms with van der Waals surface area (Å²) in [6.07, 6.45) is 1.97. The predicted molar refractivity (Wildman–Crippen MR) is 99.0 cm³/mol. The fraction of sp³-hybridized carbons (Fsp3) is 0.333. The predicted octanol–water partition coefficient (Wildman–Crippen LogP) is 3.20. The van der Waals surface area contributed by atoms with Crippen molar-refractivity contribution in [2.45, 2.75) is 12.5 Å². The molecule has 2 aromatic carbocycles. The van der Waals surface area contributed by atoms with E-state index in [-0.39, 0.29) is 17.8 Å². The topological polar surface area (TPSA) is 41.9 Å². The van der Waals surface area contributed by atoms with Gasteiger partial charge in [-0.05, 0) is 24.6 Å². The number of rotatable bonds is 3. The molecule has 4 nitrogen and oxygen atoms in total. The average Bonchev–Trinajstić information content (AvgIpc) is 3.21. The number of hydrogen-bond donors (Lipinski definition) is 0. The molecule has 0 saturated carbocycles. The van der Waals surface area contributed by atoms with E-state index >= 15 is 0 Å². The van der Waals surface area contributed by atoms with Crippen LogP contribution in [0.5, 0.6) is 0 Å². The lowest BCUT2D eigenvalue weighted by molar-refractivity contribution is -0.149. The number of para-hydroxylation sites is 1. The van der Waals surface area contributed by atoms with Crippen LogP contribution in [0.15, 0.2) is 59.6 Å². The summed E-state index contributed by atoms with van der Waals surface area (Å²) in [5, 5.41) is 0. The Morgan fingerprint density at radius 1 is 1.16 bits per heavy atom. The molecule has 0 bridgehead atoms. The van der Waals surface area contributed by atoms with Gasteiger partial charge in [0, 0.05) is 36.8 Å². The van der Waals surface area contributed by atoms with Crippen molar-refractivity contribution < 1.29 is 9.53 Å². The minimum atomic E-state index is -0.936. The fourth-order valence-corrected chi connectivity index (χ4v) is 4.23. The Hall–Kier alpha value is -2.62. The second kappa shape index (κ2) is 6.03. The Bertz CT molecular complexity index is 818. The molecule has 4 rings (SSSR count). The highest BCUT2D eigenvalue weighted by Gasteiger charge is 2.57. The van der Waals surface area contributed by atoms with Crippen molar-refractivity contribution in [1.29, 1.82) is 0 Å². The van der Waals surface area contributed by atoms with Gasteiger partial charge in [-0.15, -0.1) is 0 Å². The van der Waals surface area contributed by atoms with Gasteiger partial charge in [-0.1, -0.05) is 48.0 Å². The summed E-state index contributed by atoms with van der Waals surface area (Å²) in [4.78, 5) is 20.0. The lowest BCUT2D eigenvalue weighted by Crippen LogP contribution is -2.43. The number of esters is 1. The molecule has 0 spiro atoms. The van der Waals surface area contributed by atoms with E-state index in [1.807, 2.05) is 49.5 Å². The van der Waals surface area contributed by atoms with Gasteiger partial charge < -0.3 is 9.64 Å². The van der Waals surface area contributed by atoms with E-state index in [2.05, 4.69) is 23.1 Å². The number of nitrogens with zero attached hydrogens (tertiary/aromatic N) is 2. The molecule has 0 aromatic heterocycles. The molecule has 2 aliphatic rings. The van der Waals surface area contributed by atoms with Gasteiger partial charge in [-0.3, -0.25) is 4.99 Å². The quantitative estimate of drug-likeness (QED) is 0.810. The zero-order chi connectivity index (χ0) is 17.4. The number of aliphatic imine (C=N–C) groups is 1. The zero-order valence-electron chi connectivity index (χ0n) is 14.6. The van der Waals surface area contributed by atoms with E-state index in [9.17, 15) is 4.79 Å². The highest BCUT2D eigenvalue weighted by Crippen LogP contribution is 2.47. The van der Waals surface area contributed by atoms with Crippen LogP contribution in [0.1, 0.15) is 11.1 Å². The first-order chi connectivity index (χ1) is 12.1. The number of anilines is 1. The second-order valence-electron chi connectivity index (χ2n) is 6.92. The molecular weight excluding hydrogens is 312 g/mol. The van der Waals surface area contributed by atoms with Crippen LogP contribution in [-0.4, -0.2) is 32.4 Å². The van der Waals surface area contributed by atoms with Gasteiger partial charge in [-0.25, -0.2) is 4.79 Å². The third kappa shape index (κ3) is 2.44. The third-order valence-electron chi connectivity index (χ3n) is 5.45. The highest BCUT2D eigenvalue weighted by molar-refractivity contribution is 5.89. The van der Waals surface area contributed by atoms with Crippen molar-refractivity contribution in [3.63, 3.8) is 0 Å². The molecule has 128 valence electrons. The maximum Gasteiger partial charge on any atom is 0.338 e. The van der Waals surface area contributed by atoms with E-state index in [1.54, 1.807) is 0 Å². The van der Waals surface area contributed by atoms with Gasteiger partial charge in [0.25, 0.3) is 0 Å². The van der Waals surface area contributed by atoms with Crippen LogP contribution in [0, 0.1) is 18.8 Å². The van der Waals surface area contributed by atoms with Gasteiger partial charge >= 0.3 is 5.97 Å². The number of methoxy groups -OCH3 is 1. The van der Waals surface area contributed by atoms with Crippen molar-refractivity contribution in [2.24, 2.45) is 16.8 Å². The number of aryl methyl sites for hydroxylation is 1. The monoisotopic (exact) mass is 334 g/mol. The number of hydrogen-bond acceptors (Lipinski definition) is 4. The van der Waals surface area contributed by atoms with Crippen LogP contribution in [0.3, 0.4) is 0 Å². The summed E-state index contributed by atoms with van der Waals surface area (Å²) in [6.45, 7) is 3.70. The van der Waals surface area contributed by atoms with Gasteiger partial charge in [0.15, 0.2) is 5.54 Å². The number of carbonyl (C=O) groups is 1. The first-order valence-corrected chi connectivity index (χ1v) is 8.66. The molecule has 2 heterocycles. The molecule has 25 heavy (non-hydrogen) atoms. The Balaban J connectivity index is 1.74. The molecule has 0 N–H and O–H groups in total. The molecule has 0 amide bonds. The zero-order valence-corrected chi connectivity index (χ0v) is 14.6. The summed E-state index contributed by atoms with van der Waals surface area (Å²) in [5.74, 6) is 0.0681. The fourth-order valence-electron chi connectivity index (χ4n) is 4.23. The van der Waals surface area contributed by atoms with Crippen molar-refractivity contribution in [1.82, 2.24) is 0 Å². The van der Waals surface area contributed by atoms with E-state index in [4.69, 9.17) is 9.73 Å². The normalized spacial score (nSPS) is 27.4. The van der Waals surface area contributed by atoms with Gasteiger partial charge in [0.05, 0.1) is 7.11 Å². The highest BCUT2D eigenvalue weighted by atomic mass is 16.5. The minimum absolute atomic E-state index is 0.0851. The Labute approximate surface area is 148 Å². The van der Waals surface area contributed by atoms with Crippen LogP contribution in [0.2, 0.25) is 0 Å². The lowest BCUT2D eigenvalue weighted by Gasteiger charge is -2.31. The molecule has 0 radical (unpaired) electrons. The molecule has 1 saturated heterocycles. The lowest BCUT2D eigenvalue weighted by atomic mass is 9.76. The Morgan fingerprint density at radius 2 is 1.96 bits per heavy atom. The van der Waals surface area contributed by atoms with Crippen LogP contribution >= 0.6 is 0 Å². The smallest absolute Gasteiger partial charge is 0.338 e. The first kappa shape index (κ1) is 15.9. The molecule has 3 atom stereocenters. The summed E-state index contributed by atoms with van der Waals surface area (Å²) in [5.41, 5.74) is 2.30. The summed E-state index contributed by atoms with van der Waals surface area (Å²) < 4.78 is 5.21. The molecule has 0 aliphatic carbocycles. The summed E-state index contributed by atoms with van der Waals surface area (Å²) in [7, 11) is 1.45. The number of carbonyl (C=O) groups excluding carboxylic acids is 1. The van der Waals surface area contributed by atoms with E-state index in [0.717, 1.165) is 24.2 Å². The van der Waals surface area contributed by atoms with Crippen LogP contribution in [-0.2, 0) is 15.1 Å². The second-order valence-corrected chi connectivity index (χ2v) is 6.92. The Kier molecular flexibility index (Phi) is 3.83. The van der Waals surface area contributed by atoms with Crippen molar-refractivity contribution in [2.75, 3.05) is 25.1 Å². The summed E-state index contributed by atoms with van der Waals surface area (Å²) in [6, 6.07) is 18.4. The SMILES string of the molecule is COC(=O)[C@]1(c2cccc(C)c2)N=C[C@@H]2CN(c3ccccc3)C[C@@H]21. The minimum Gasteiger partial charge on any atom is -0.467 e. The van der Waals surface area contributed by atoms with E-state index in [0.29, 0.717) is 0 Å². The van der Waals surface area contributed by atoms with Crippen LogP contribution in [0.25, 0.3) is 0 Å². The number of fused-ring (bicyclic) bond motifs is 1. The van der Waals surface area contributed by atoms with Gasteiger partial charge in [0.2, 0.25) is 0 Å². The van der Waals surface area contributed by atoms with E-state index < -0.39 is 5.54 Å². The number of ether oxygens (including phenoxy) is 1. The van der Waals surface area contributed by atoms with Crippen LogP contribution < -0.4 is 4.90 Å². The average molecular weight is 334 g/mol. The molecular formula is C21H22N2O2. The largest absolute Gasteiger partial charge is 0.467 e. The van der Waals surface area contributed by atoms with Gasteiger partial charge in [0.1, 0.15) is 0 Å². The standard InChI is InChI=1S/C21H22N2O2/c1-15-7-6-8-17(11-15)21(20(24)25-2)19-14-23(13-16(19)12-22-21)18-9-4-3-5-10-18/h3-12,16,19H,13-14H2,1-2H3/t16-,19+,21-/m1/s1. The number of benzene rings is 2. The molecule has 4 heteroatoms. The molecule has 2 aliphatic heterocycles. The van der Waals surface area contributed by atoms with Crippen molar-refractivity contribution in [3.05, 3.63) is 65.7 Å². The van der Waals surface area contributed by atoms with Crippen LogP contribution in [0.4, 0.5) is 5.69 Å². The van der Waals surface area contributed by atoms with E-state index in [1.165, 1.54) is 12.8 Å². The molecule has 0 unspecified atom stereocenters. The third-order valence-corrected chi connectivity index (χ3v) is 5.45. The van der Waals surface area contributed by atoms with Crippen molar-refractivity contribution in [3.8, 4) is 0 Å². The van der Waals surface area contributed by atoms with Crippen molar-refractivity contribution >= 4 is 17.9 Å². The molecule has 1 fully saturated rings. The maximum absolute atomic E-state index is 12.9. The summed E-state index contributed by atoms with van der Waals surface area (Å²) >= 11 is 0. The maximum atomic E-state index is 12.9. The molecule has 2 aromatic rings.